The van der Waals surface area contributed by atoms with Gasteiger partial charge in [-0.15, -0.1) is 5.10 Å². The van der Waals surface area contributed by atoms with E-state index in [1.165, 1.54) is 15.9 Å². The van der Waals surface area contributed by atoms with Crippen molar-refractivity contribution in [3.63, 3.8) is 0 Å². The second-order valence-electron chi connectivity index (χ2n) is 9.19. The van der Waals surface area contributed by atoms with Crippen molar-refractivity contribution in [2.24, 2.45) is 0 Å². The number of aryl methyl sites for hydroxylation is 1. The number of benzene rings is 1. The van der Waals surface area contributed by atoms with Crippen LogP contribution in [-0.4, -0.2) is 58.2 Å². The molecule has 1 atom stereocenters. The highest BCUT2D eigenvalue weighted by molar-refractivity contribution is 6.02. The van der Waals surface area contributed by atoms with E-state index in [4.69, 9.17) is 4.74 Å². The van der Waals surface area contributed by atoms with Gasteiger partial charge in [0.1, 0.15) is 24.7 Å². The molecule has 4 rings (SSSR count). The smallest absolute Gasteiger partial charge is 0.291 e. The number of carbonyl (C=O) groups is 3. The predicted molar refractivity (Wildman–Crippen MR) is 139 cm³/mol. The van der Waals surface area contributed by atoms with E-state index in [1.54, 1.807) is 13.1 Å². The maximum absolute atomic E-state index is 13.2. The van der Waals surface area contributed by atoms with Crippen LogP contribution in [0.3, 0.4) is 0 Å². The van der Waals surface area contributed by atoms with Gasteiger partial charge >= 0.3 is 0 Å². The third-order valence-electron chi connectivity index (χ3n) is 6.05. The maximum atomic E-state index is 13.2. The zero-order chi connectivity index (χ0) is 26.4. The molecule has 2 N–H and O–H groups in total. The first kappa shape index (κ1) is 25.9. The van der Waals surface area contributed by atoms with E-state index in [1.807, 2.05) is 43.4 Å². The summed E-state index contributed by atoms with van der Waals surface area (Å²) in [5.41, 5.74) is 2.31. The topological polar surface area (TPSA) is 118 Å². The zero-order valence-electron chi connectivity index (χ0n) is 21.1. The molecule has 0 spiro atoms. The Morgan fingerprint density at radius 1 is 1.24 bits per heavy atom. The number of fused-ring (bicyclic) bond motifs is 1. The average molecular weight is 505 g/mol. The minimum atomic E-state index is -0.914. The number of allylic oxidation sites excluding steroid dienone is 5. The zero-order valence-corrected chi connectivity index (χ0v) is 21.1. The lowest BCUT2D eigenvalue weighted by Crippen LogP contribution is -2.49. The van der Waals surface area contributed by atoms with Gasteiger partial charge < -0.3 is 20.3 Å². The van der Waals surface area contributed by atoms with Gasteiger partial charge in [0.15, 0.2) is 0 Å². The van der Waals surface area contributed by atoms with Crippen LogP contribution in [0.15, 0.2) is 61.0 Å². The molecule has 1 saturated carbocycles. The Morgan fingerprint density at radius 3 is 2.81 bits per heavy atom. The normalized spacial score (nSPS) is 17.4. The maximum Gasteiger partial charge on any atom is 0.291 e. The quantitative estimate of drug-likeness (QED) is 0.480. The number of anilines is 1. The van der Waals surface area contributed by atoms with Crippen LogP contribution in [0.1, 0.15) is 42.4 Å². The molecule has 1 aromatic heterocycles. The van der Waals surface area contributed by atoms with Crippen LogP contribution in [0.5, 0.6) is 5.75 Å². The molecule has 37 heavy (non-hydrogen) atoms. The van der Waals surface area contributed by atoms with E-state index in [0.717, 1.165) is 24.0 Å². The van der Waals surface area contributed by atoms with Crippen molar-refractivity contribution in [1.82, 2.24) is 25.4 Å². The van der Waals surface area contributed by atoms with Gasteiger partial charge in [0, 0.05) is 19.5 Å². The summed E-state index contributed by atoms with van der Waals surface area (Å²) < 4.78 is 7.37. The van der Waals surface area contributed by atoms with E-state index < -0.39 is 11.9 Å². The van der Waals surface area contributed by atoms with E-state index in [2.05, 4.69) is 27.3 Å². The fourth-order valence-electron chi connectivity index (χ4n) is 3.85. The molecule has 0 bridgehead atoms. The summed E-state index contributed by atoms with van der Waals surface area (Å²) >= 11 is 0. The Bertz CT molecular complexity index is 1240. The van der Waals surface area contributed by atoms with Gasteiger partial charge in [-0.05, 0) is 49.5 Å². The molecular formula is C27H32N6O4. The molecule has 1 fully saturated rings. The van der Waals surface area contributed by atoms with Crippen LogP contribution in [0.2, 0.25) is 0 Å². The van der Waals surface area contributed by atoms with Crippen molar-refractivity contribution in [2.75, 3.05) is 18.6 Å². The van der Waals surface area contributed by atoms with Crippen LogP contribution in [0.4, 0.5) is 5.69 Å². The van der Waals surface area contributed by atoms with E-state index >= 15 is 0 Å². The van der Waals surface area contributed by atoms with E-state index in [0.29, 0.717) is 36.9 Å². The summed E-state index contributed by atoms with van der Waals surface area (Å²) in [5, 5.41) is 9.87. The van der Waals surface area contributed by atoms with Gasteiger partial charge in [-0.25, -0.2) is 9.67 Å². The number of likely N-dealkylation sites (N-methyl/N-ethyl adjacent to an activating group) is 1. The first-order valence-corrected chi connectivity index (χ1v) is 12.3. The van der Waals surface area contributed by atoms with Gasteiger partial charge in [0.25, 0.3) is 11.8 Å². The number of nitrogens with zero attached hydrogens (tertiary/aromatic N) is 4. The Hall–Kier alpha value is -4.21. The van der Waals surface area contributed by atoms with Gasteiger partial charge in [0.05, 0.1) is 12.2 Å². The first-order chi connectivity index (χ1) is 17.8. The van der Waals surface area contributed by atoms with Crippen molar-refractivity contribution < 1.29 is 19.1 Å². The van der Waals surface area contributed by atoms with Crippen molar-refractivity contribution in [3.05, 3.63) is 72.4 Å². The van der Waals surface area contributed by atoms with Crippen molar-refractivity contribution in [1.29, 1.82) is 0 Å². The van der Waals surface area contributed by atoms with E-state index in [-0.39, 0.29) is 24.2 Å². The highest BCUT2D eigenvalue weighted by atomic mass is 16.5. The molecular weight excluding hydrogens is 472 g/mol. The molecule has 1 aromatic carbocycles. The molecule has 194 valence electrons. The highest BCUT2D eigenvalue weighted by Crippen LogP contribution is 2.32. The molecule has 10 heteroatoms. The molecule has 2 aliphatic rings. The number of nitrogens with one attached hydrogen (secondary N) is 2. The van der Waals surface area contributed by atoms with Gasteiger partial charge in [-0.2, -0.15) is 0 Å². The number of amides is 3. The van der Waals surface area contributed by atoms with Gasteiger partial charge in [-0.1, -0.05) is 36.9 Å². The standard InChI is InChI=1S/C27H32N6O4/c1-4-5-6-7-18(2)15-33-17-28-25(31-33)26(35)30-21-16-37-23-12-8-19(14-22(23)32(3)27(21)36)9-13-24(34)29-20-10-11-20/h4-8,12,14,17,20-21H,2,9-11,13,15-16H2,1,3H3,(H,29,34)(H,30,35)/b5-4-,7-6-. The predicted octanol–water partition coefficient (Wildman–Crippen LogP) is 2.33. The summed E-state index contributed by atoms with van der Waals surface area (Å²) in [6.07, 6.45) is 12.0. The summed E-state index contributed by atoms with van der Waals surface area (Å²) in [4.78, 5) is 43.5. The summed E-state index contributed by atoms with van der Waals surface area (Å²) in [5.74, 6) is -0.374. The molecule has 10 nitrogen and oxygen atoms in total. The molecule has 0 radical (unpaired) electrons. The number of rotatable bonds is 10. The molecule has 1 aliphatic carbocycles. The van der Waals surface area contributed by atoms with Crippen LogP contribution in [-0.2, 0) is 22.6 Å². The lowest BCUT2D eigenvalue weighted by atomic mass is 10.1. The number of carbonyl (C=O) groups excluding carboxylic acids is 3. The first-order valence-electron chi connectivity index (χ1n) is 12.3. The van der Waals surface area contributed by atoms with Crippen molar-refractivity contribution >= 4 is 23.4 Å². The number of ether oxygens (including phenoxy) is 1. The molecule has 2 aromatic rings. The second kappa shape index (κ2) is 11.7. The SMILES string of the molecule is C=C(/C=C\C=C/C)Cn1cnc(C(=O)NC2COc3ccc(CCC(=O)NC4CC4)cc3N(C)C2=O)n1. The molecule has 0 saturated heterocycles. The van der Waals surface area contributed by atoms with Crippen molar-refractivity contribution in [2.45, 2.75) is 51.2 Å². The Morgan fingerprint density at radius 2 is 2.05 bits per heavy atom. The monoisotopic (exact) mass is 504 g/mol. The fourth-order valence-corrected chi connectivity index (χ4v) is 3.85. The third kappa shape index (κ3) is 6.93. The fraction of sp³-hybridized carbons (Fsp3) is 0.370. The second-order valence-corrected chi connectivity index (χ2v) is 9.19. The number of hydrogen-bond acceptors (Lipinski definition) is 6. The Balaban J connectivity index is 1.35. The largest absolute Gasteiger partial charge is 0.489 e. The minimum absolute atomic E-state index is 0.0295. The van der Waals surface area contributed by atoms with Gasteiger partial charge in [0.2, 0.25) is 11.7 Å². The summed E-state index contributed by atoms with van der Waals surface area (Å²) in [7, 11) is 1.64. The Labute approximate surface area is 216 Å². The summed E-state index contributed by atoms with van der Waals surface area (Å²) in [6, 6.07) is 4.94. The average Bonchev–Trinajstić information content (AvgIpc) is 3.59. The molecule has 3 amide bonds. The molecule has 1 unspecified atom stereocenters. The molecule has 2 heterocycles. The lowest BCUT2D eigenvalue weighted by molar-refractivity contribution is -0.121. The minimum Gasteiger partial charge on any atom is -0.489 e. The van der Waals surface area contributed by atoms with Crippen LogP contribution in [0.25, 0.3) is 0 Å². The molecule has 1 aliphatic heterocycles. The highest BCUT2D eigenvalue weighted by Gasteiger charge is 2.32. The van der Waals surface area contributed by atoms with Crippen LogP contribution in [0, 0.1) is 0 Å². The Kier molecular flexibility index (Phi) is 8.17. The van der Waals surface area contributed by atoms with Crippen LogP contribution >= 0.6 is 0 Å². The third-order valence-corrected chi connectivity index (χ3v) is 6.05. The summed E-state index contributed by atoms with van der Waals surface area (Å²) in [6.45, 7) is 6.23. The number of hydrogen-bond donors (Lipinski definition) is 2. The van der Waals surface area contributed by atoms with E-state index in [9.17, 15) is 14.4 Å². The number of aromatic nitrogens is 3. The van der Waals surface area contributed by atoms with Gasteiger partial charge in [-0.3, -0.25) is 14.4 Å². The lowest BCUT2D eigenvalue weighted by Gasteiger charge is -2.20. The van der Waals surface area contributed by atoms with Crippen LogP contribution < -0.4 is 20.3 Å². The van der Waals surface area contributed by atoms with Crippen molar-refractivity contribution in [3.8, 4) is 5.75 Å².